The third kappa shape index (κ3) is 1.71. The Labute approximate surface area is 77.4 Å². The predicted octanol–water partition coefficient (Wildman–Crippen LogP) is 1.08. The molecule has 0 aromatic carbocycles. The minimum Gasteiger partial charge on any atom is -0.385 e. The van der Waals surface area contributed by atoms with Gasteiger partial charge < -0.3 is 9.84 Å². The minimum absolute atomic E-state index is 0.638. The van der Waals surface area contributed by atoms with Gasteiger partial charge >= 0.3 is 0 Å². The number of rotatable bonds is 1. The van der Waals surface area contributed by atoms with Crippen molar-refractivity contribution in [3.8, 4) is 0 Å². The first-order chi connectivity index (χ1) is 6.31. The summed E-state index contributed by atoms with van der Waals surface area (Å²) in [5, 5.41) is 10.2. The van der Waals surface area contributed by atoms with Gasteiger partial charge in [0.1, 0.15) is 0 Å². The Kier molecular flexibility index (Phi) is 2.29. The van der Waals surface area contributed by atoms with Gasteiger partial charge in [-0.2, -0.15) is 0 Å². The molecule has 13 heavy (non-hydrogen) atoms. The number of aromatic nitrogens is 1. The van der Waals surface area contributed by atoms with Crippen LogP contribution in [0.3, 0.4) is 0 Å². The predicted molar refractivity (Wildman–Crippen MR) is 48.2 cm³/mol. The maximum Gasteiger partial charge on any atom is 0.0941 e. The van der Waals surface area contributed by atoms with Gasteiger partial charge in [0, 0.05) is 38.4 Å². The third-order valence-electron chi connectivity index (χ3n) is 2.54. The molecule has 1 aromatic rings. The highest BCUT2D eigenvalue weighted by Crippen LogP contribution is 2.30. The van der Waals surface area contributed by atoms with E-state index in [0.717, 1.165) is 5.56 Å². The van der Waals surface area contributed by atoms with Gasteiger partial charge in [-0.3, -0.25) is 4.98 Å². The van der Waals surface area contributed by atoms with Gasteiger partial charge in [0.05, 0.1) is 5.60 Å². The second-order valence-corrected chi connectivity index (χ2v) is 3.38. The normalized spacial score (nSPS) is 21.3. The Bertz CT molecular complexity index is 268. The van der Waals surface area contributed by atoms with Crippen LogP contribution in [0.15, 0.2) is 24.5 Å². The SMILES string of the molecule is OC1(c2ccncc2)CCOCC1. The van der Waals surface area contributed by atoms with E-state index in [-0.39, 0.29) is 0 Å². The number of ether oxygens (including phenoxy) is 1. The van der Waals surface area contributed by atoms with Crippen LogP contribution in [0.25, 0.3) is 0 Å². The second-order valence-electron chi connectivity index (χ2n) is 3.38. The van der Waals surface area contributed by atoms with Crippen LogP contribution >= 0.6 is 0 Å². The first-order valence-corrected chi connectivity index (χ1v) is 4.52. The van der Waals surface area contributed by atoms with Crippen molar-refractivity contribution in [2.24, 2.45) is 0 Å². The Morgan fingerprint density at radius 2 is 1.85 bits per heavy atom. The molecule has 1 fully saturated rings. The molecular weight excluding hydrogens is 166 g/mol. The van der Waals surface area contributed by atoms with Crippen LogP contribution in [0.2, 0.25) is 0 Å². The van der Waals surface area contributed by atoms with E-state index in [0.29, 0.717) is 26.1 Å². The van der Waals surface area contributed by atoms with Crippen LogP contribution in [0.4, 0.5) is 0 Å². The fourth-order valence-corrected chi connectivity index (χ4v) is 1.66. The highest BCUT2D eigenvalue weighted by Gasteiger charge is 2.31. The van der Waals surface area contributed by atoms with E-state index >= 15 is 0 Å². The average Bonchev–Trinajstić information content (AvgIpc) is 2.20. The van der Waals surface area contributed by atoms with Gasteiger partial charge in [0.25, 0.3) is 0 Å². The smallest absolute Gasteiger partial charge is 0.0941 e. The Balaban J connectivity index is 2.23. The highest BCUT2D eigenvalue weighted by molar-refractivity contribution is 5.19. The molecule has 0 spiro atoms. The van der Waals surface area contributed by atoms with Crippen molar-refractivity contribution in [3.63, 3.8) is 0 Å². The van der Waals surface area contributed by atoms with E-state index in [1.165, 1.54) is 0 Å². The third-order valence-corrected chi connectivity index (χ3v) is 2.54. The van der Waals surface area contributed by atoms with Crippen LogP contribution in [0.1, 0.15) is 18.4 Å². The first-order valence-electron chi connectivity index (χ1n) is 4.52. The zero-order valence-electron chi connectivity index (χ0n) is 7.44. The molecule has 1 aliphatic rings. The molecule has 1 N–H and O–H groups in total. The van der Waals surface area contributed by atoms with Crippen molar-refractivity contribution in [1.82, 2.24) is 4.98 Å². The first kappa shape index (κ1) is 8.66. The van der Waals surface area contributed by atoms with Gasteiger partial charge in [-0.15, -0.1) is 0 Å². The number of hydrogen-bond acceptors (Lipinski definition) is 3. The van der Waals surface area contributed by atoms with Crippen molar-refractivity contribution in [2.45, 2.75) is 18.4 Å². The van der Waals surface area contributed by atoms with Gasteiger partial charge in [-0.1, -0.05) is 0 Å². The van der Waals surface area contributed by atoms with E-state index < -0.39 is 5.60 Å². The molecule has 0 aliphatic carbocycles. The van der Waals surface area contributed by atoms with Crippen LogP contribution in [0, 0.1) is 0 Å². The molecule has 3 heteroatoms. The van der Waals surface area contributed by atoms with Gasteiger partial charge in [0.15, 0.2) is 0 Å². The molecule has 2 rings (SSSR count). The maximum absolute atomic E-state index is 10.2. The lowest BCUT2D eigenvalue weighted by atomic mass is 9.87. The van der Waals surface area contributed by atoms with Crippen molar-refractivity contribution in [3.05, 3.63) is 30.1 Å². The van der Waals surface area contributed by atoms with Crippen molar-refractivity contribution < 1.29 is 9.84 Å². The number of nitrogens with zero attached hydrogens (tertiary/aromatic N) is 1. The lowest BCUT2D eigenvalue weighted by molar-refractivity contribution is -0.0679. The maximum atomic E-state index is 10.2. The van der Waals surface area contributed by atoms with Crippen LogP contribution in [0.5, 0.6) is 0 Å². The molecule has 0 atom stereocenters. The minimum atomic E-state index is -0.693. The number of hydrogen-bond donors (Lipinski definition) is 1. The summed E-state index contributed by atoms with van der Waals surface area (Å²) in [5.74, 6) is 0. The molecule has 3 nitrogen and oxygen atoms in total. The standard InChI is InChI=1S/C10H13NO2/c12-10(3-7-13-8-4-10)9-1-5-11-6-2-9/h1-2,5-6,12H,3-4,7-8H2. The quantitative estimate of drug-likeness (QED) is 0.701. The molecule has 1 saturated heterocycles. The molecule has 0 saturated carbocycles. The molecule has 70 valence electrons. The molecule has 0 unspecified atom stereocenters. The molecule has 0 bridgehead atoms. The largest absolute Gasteiger partial charge is 0.385 e. The average molecular weight is 179 g/mol. The monoisotopic (exact) mass is 179 g/mol. The fraction of sp³-hybridized carbons (Fsp3) is 0.500. The van der Waals surface area contributed by atoms with E-state index in [1.807, 2.05) is 12.1 Å². The number of aliphatic hydroxyl groups is 1. The van der Waals surface area contributed by atoms with E-state index in [2.05, 4.69) is 4.98 Å². The molecular formula is C10H13NO2. The summed E-state index contributed by atoms with van der Waals surface area (Å²) in [5.41, 5.74) is 0.257. The van der Waals surface area contributed by atoms with E-state index in [9.17, 15) is 5.11 Å². The van der Waals surface area contributed by atoms with Crippen molar-refractivity contribution >= 4 is 0 Å². The van der Waals surface area contributed by atoms with Crippen molar-refractivity contribution in [1.29, 1.82) is 0 Å². The summed E-state index contributed by atoms with van der Waals surface area (Å²) in [6, 6.07) is 3.73. The summed E-state index contributed by atoms with van der Waals surface area (Å²) in [6.45, 7) is 1.28. The molecule has 1 aliphatic heterocycles. The summed E-state index contributed by atoms with van der Waals surface area (Å²) < 4.78 is 5.21. The summed E-state index contributed by atoms with van der Waals surface area (Å²) >= 11 is 0. The zero-order chi connectivity index (χ0) is 9.15. The van der Waals surface area contributed by atoms with Crippen LogP contribution in [-0.2, 0) is 10.3 Å². The molecule has 1 aromatic heterocycles. The molecule has 2 heterocycles. The van der Waals surface area contributed by atoms with Gasteiger partial charge in [-0.05, 0) is 17.7 Å². The van der Waals surface area contributed by atoms with E-state index in [4.69, 9.17) is 4.74 Å². The summed E-state index contributed by atoms with van der Waals surface area (Å²) in [6.07, 6.45) is 4.78. The lowest BCUT2D eigenvalue weighted by Crippen LogP contribution is -2.33. The highest BCUT2D eigenvalue weighted by atomic mass is 16.5. The molecule has 0 radical (unpaired) electrons. The molecule has 0 amide bonds. The van der Waals surface area contributed by atoms with Gasteiger partial charge in [-0.25, -0.2) is 0 Å². The van der Waals surface area contributed by atoms with Crippen LogP contribution < -0.4 is 0 Å². The topological polar surface area (TPSA) is 42.4 Å². The Morgan fingerprint density at radius 3 is 2.46 bits per heavy atom. The number of pyridine rings is 1. The van der Waals surface area contributed by atoms with Gasteiger partial charge in [0.2, 0.25) is 0 Å². The lowest BCUT2D eigenvalue weighted by Gasteiger charge is -2.32. The summed E-state index contributed by atoms with van der Waals surface area (Å²) in [4.78, 5) is 3.93. The van der Waals surface area contributed by atoms with Crippen molar-refractivity contribution in [2.75, 3.05) is 13.2 Å². The van der Waals surface area contributed by atoms with E-state index in [1.54, 1.807) is 12.4 Å². The second kappa shape index (κ2) is 3.44. The fourth-order valence-electron chi connectivity index (χ4n) is 1.66. The van der Waals surface area contributed by atoms with Crippen LogP contribution in [-0.4, -0.2) is 23.3 Å². The Hall–Kier alpha value is -0.930. The Morgan fingerprint density at radius 1 is 1.23 bits per heavy atom. The zero-order valence-corrected chi connectivity index (χ0v) is 7.44. The summed E-state index contributed by atoms with van der Waals surface area (Å²) in [7, 11) is 0.